The fraction of sp³-hybridized carbons (Fsp3) is 0.429. The lowest BCUT2D eigenvalue weighted by Gasteiger charge is -1.96. The molecule has 0 spiro atoms. The summed E-state index contributed by atoms with van der Waals surface area (Å²) in [6.07, 6.45) is 0.667. The van der Waals surface area contributed by atoms with Gasteiger partial charge in [-0.15, -0.1) is 12.3 Å². The van der Waals surface area contributed by atoms with Crippen molar-refractivity contribution >= 4 is 41.1 Å². The van der Waals surface area contributed by atoms with Gasteiger partial charge >= 0.3 is 17.1 Å². The Balaban J connectivity index is 0.000000437. The van der Waals surface area contributed by atoms with Crippen LogP contribution in [0.4, 0.5) is 0 Å². The molecule has 1 aromatic heterocycles. The first-order chi connectivity index (χ1) is 7.73. The molecule has 1 heterocycles. The highest BCUT2D eigenvalue weighted by atomic mass is 35.5. The van der Waals surface area contributed by atoms with E-state index in [1.54, 1.807) is 6.92 Å². The van der Waals surface area contributed by atoms with Crippen molar-refractivity contribution in [1.29, 1.82) is 0 Å². The molecule has 0 radical (unpaired) electrons. The van der Waals surface area contributed by atoms with Crippen molar-refractivity contribution in [3.8, 4) is 0 Å². The molecule has 96 valence electrons. The van der Waals surface area contributed by atoms with Gasteiger partial charge in [0.25, 0.3) is 0 Å². The van der Waals surface area contributed by atoms with Crippen LogP contribution in [-0.4, -0.2) is 18.0 Å². The van der Waals surface area contributed by atoms with Crippen LogP contribution in [0.3, 0.4) is 0 Å². The first-order valence-corrected chi connectivity index (χ1v) is 5.24. The predicted octanol–water partition coefficient (Wildman–Crippen LogP) is 0.163. The van der Waals surface area contributed by atoms with Gasteiger partial charge in [-0.25, -0.2) is 14.4 Å². The highest BCUT2D eigenvalue weighted by Gasteiger charge is 2.10. The van der Waals surface area contributed by atoms with E-state index in [0.717, 1.165) is 0 Å². The molecule has 0 saturated heterocycles. The van der Waals surface area contributed by atoms with Gasteiger partial charge in [-0.1, -0.05) is 6.92 Å². The molecular weight excluding hydrogens is 296 g/mol. The summed E-state index contributed by atoms with van der Waals surface area (Å²) in [7, 11) is 0. The Hall–Kier alpha value is -1.05. The predicted molar refractivity (Wildman–Crippen MR) is 63.9 cm³/mol. The molecule has 0 fully saturated rings. The normalized spacial score (nSPS) is 9.47. The number of carbonyl (C=O) groups excluding carboxylic acids is 1. The van der Waals surface area contributed by atoms with Crippen molar-refractivity contribution < 1.29 is 4.79 Å². The SMILES string of the molecule is CCC(C)=O.O=c1n(Cl)c(=O)n(Cl)c(=O)n1Cl. The van der Waals surface area contributed by atoms with E-state index in [4.69, 9.17) is 35.3 Å². The zero-order chi connectivity index (χ0) is 13.7. The lowest BCUT2D eigenvalue weighted by molar-refractivity contribution is -0.116. The highest BCUT2D eigenvalue weighted by Crippen LogP contribution is 1.78. The average molecular weight is 305 g/mol. The van der Waals surface area contributed by atoms with Crippen molar-refractivity contribution in [3.05, 3.63) is 31.5 Å². The summed E-state index contributed by atoms with van der Waals surface area (Å²) in [5.41, 5.74) is -3.49. The molecule has 0 saturated carbocycles. The highest BCUT2D eigenvalue weighted by molar-refractivity contribution is 6.19. The number of halogens is 3. The molecule has 0 N–H and O–H groups in total. The number of ketones is 1. The molecule has 0 unspecified atom stereocenters. The Bertz CT molecular complexity index is 484. The fourth-order valence-corrected chi connectivity index (χ4v) is 1.05. The summed E-state index contributed by atoms with van der Waals surface area (Å²) in [6.45, 7) is 3.43. The van der Waals surface area contributed by atoms with Gasteiger partial charge in [0.1, 0.15) is 5.78 Å². The van der Waals surface area contributed by atoms with Gasteiger partial charge in [0.2, 0.25) is 0 Å². The summed E-state index contributed by atoms with van der Waals surface area (Å²) in [6, 6.07) is 0. The third-order valence-electron chi connectivity index (χ3n) is 1.51. The maximum absolute atomic E-state index is 10.8. The fourth-order valence-electron chi connectivity index (χ4n) is 0.477. The number of carbonyl (C=O) groups is 1. The molecule has 0 bridgehead atoms. The standard InChI is InChI=1S/C4H8O.C3Cl3N3O3/c1-3-4(2)5;4-7-1(10)8(5)3(12)9(6)2(7)11/h3H2,1-2H3;. The van der Waals surface area contributed by atoms with Gasteiger partial charge < -0.3 is 4.79 Å². The summed E-state index contributed by atoms with van der Waals surface area (Å²) in [4.78, 5) is 42.1. The first kappa shape index (κ1) is 16.0. The number of Topliss-reactive ketones (excluding diaryl/α,β-unsaturated/α-hetero) is 1. The van der Waals surface area contributed by atoms with Gasteiger partial charge in [-0.05, 0) is 6.92 Å². The maximum Gasteiger partial charge on any atom is 0.366 e. The number of aromatic nitrogens is 3. The van der Waals surface area contributed by atoms with Gasteiger partial charge in [-0.3, -0.25) is 0 Å². The molecule has 0 aliphatic heterocycles. The van der Waals surface area contributed by atoms with Crippen LogP contribution in [0.1, 0.15) is 20.3 Å². The smallest absolute Gasteiger partial charge is 0.300 e. The van der Waals surface area contributed by atoms with Crippen molar-refractivity contribution in [1.82, 2.24) is 12.3 Å². The van der Waals surface area contributed by atoms with Crippen LogP contribution in [0, 0.1) is 0 Å². The van der Waals surface area contributed by atoms with E-state index in [-0.39, 0.29) is 18.0 Å². The molecular formula is C7H8Cl3N3O4. The van der Waals surface area contributed by atoms with E-state index in [0.29, 0.717) is 6.42 Å². The molecule has 0 aliphatic rings. The molecule has 10 heteroatoms. The molecule has 0 amide bonds. The Labute approximate surface area is 110 Å². The van der Waals surface area contributed by atoms with Gasteiger partial charge in [0.05, 0.1) is 0 Å². The molecule has 1 rings (SSSR count). The number of nitrogens with zero attached hydrogens (tertiary/aromatic N) is 3. The van der Waals surface area contributed by atoms with Crippen molar-refractivity contribution in [2.45, 2.75) is 20.3 Å². The zero-order valence-electron chi connectivity index (χ0n) is 8.82. The summed E-state index contributed by atoms with van der Waals surface area (Å²) >= 11 is 15.3. The van der Waals surface area contributed by atoms with Gasteiger partial charge in [0.15, 0.2) is 0 Å². The van der Waals surface area contributed by atoms with E-state index >= 15 is 0 Å². The second-order valence-electron chi connectivity index (χ2n) is 2.75. The second-order valence-corrected chi connectivity index (χ2v) is 3.76. The van der Waals surface area contributed by atoms with Crippen LogP contribution in [-0.2, 0) is 4.79 Å². The molecule has 0 atom stereocenters. The van der Waals surface area contributed by atoms with E-state index in [1.807, 2.05) is 6.92 Å². The largest absolute Gasteiger partial charge is 0.366 e. The average Bonchev–Trinajstić information content (AvgIpc) is 2.32. The third-order valence-corrected chi connectivity index (χ3v) is 2.37. The Morgan fingerprint density at radius 2 is 1.12 bits per heavy atom. The topological polar surface area (TPSA) is 83.1 Å². The summed E-state index contributed by atoms with van der Waals surface area (Å²) in [5, 5.41) is 0. The zero-order valence-corrected chi connectivity index (χ0v) is 11.1. The number of rotatable bonds is 1. The van der Waals surface area contributed by atoms with E-state index < -0.39 is 17.1 Å². The lowest BCUT2D eigenvalue weighted by Crippen LogP contribution is -2.47. The summed E-state index contributed by atoms with van der Waals surface area (Å²) < 4.78 is 0.254. The number of hydrogen-bond acceptors (Lipinski definition) is 4. The first-order valence-electron chi connectivity index (χ1n) is 4.23. The minimum Gasteiger partial charge on any atom is -0.300 e. The van der Waals surface area contributed by atoms with Crippen LogP contribution in [0.15, 0.2) is 14.4 Å². The van der Waals surface area contributed by atoms with Crippen LogP contribution < -0.4 is 17.1 Å². The lowest BCUT2D eigenvalue weighted by atomic mass is 10.4. The number of hydrogen-bond donors (Lipinski definition) is 0. The van der Waals surface area contributed by atoms with Crippen LogP contribution in [0.2, 0.25) is 0 Å². The van der Waals surface area contributed by atoms with Crippen molar-refractivity contribution in [3.63, 3.8) is 0 Å². The molecule has 0 aliphatic carbocycles. The Morgan fingerprint density at radius 3 is 1.24 bits per heavy atom. The molecule has 1 aromatic rings. The van der Waals surface area contributed by atoms with Crippen molar-refractivity contribution in [2.75, 3.05) is 0 Å². The molecule has 0 aromatic carbocycles. The summed E-state index contributed by atoms with van der Waals surface area (Å²) in [5.74, 6) is 0.255. The van der Waals surface area contributed by atoms with Crippen LogP contribution >= 0.6 is 35.3 Å². The van der Waals surface area contributed by atoms with Crippen LogP contribution in [0.5, 0.6) is 0 Å². The van der Waals surface area contributed by atoms with Gasteiger partial charge in [0, 0.05) is 41.8 Å². The van der Waals surface area contributed by atoms with Crippen LogP contribution in [0.25, 0.3) is 0 Å². The second kappa shape index (κ2) is 6.63. The van der Waals surface area contributed by atoms with Crippen molar-refractivity contribution in [2.24, 2.45) is 0 Å². The van der Waals surface area contributed by atoms with E-state index in [2.05, 4.69) is 0 Å². The minimum absolute atomic E-state index is 0.0847. The van der Waals surface area contributed by atoms with Gasteiger partial charge in [-0.2, -0.15) is 0 Å². The van der Waals surface area contributed by atoms with E-state index in [9.17, 15) is 19.2 Å². The molecule has 7 nitrogen and oxygen atoms in total. The molecule has 17 heavy (non-hydrogen) atoms. The minimum atomic E-state index is -1.16. The quantitative estimate of drug-likeness (QED) is 0.740. The maximum atomic E-state index is 10.8. The third kappa shape index (κ3) is 4.03. The van der Waals surface area contributed by atoms with E-state index in [1.165, 1.54) is 0 Å². The monoisotopic (exact) mass is 303 g/mol. The Morgan fingerprint density at radius 1 is 0.941 bits per heavy atom. The Kier molecular flexibility index (Phi) is 6.22.